The van der Waals surface area contributed by atoms with Crippen LogP contribution < -0.4 is 10.2 Å². The third-order valence-electron chi connectivity index (χ3n) is 5.22. The molecule has 1 aromatic rings. The van der Waals surface area contributed by atoms with Crippen LogP contribution in [0.25, 0.3) is 0 Å². The van der Waals surface area contributed by atoms with Crippen LogP contribution in [0.15, 0.2) is 23.1 Å². The van der Waals surface area contributed by atoms with E-state index in [0.717, 1.165) is 31.4 Å². The Kier molecular flexibility index (Phi) is 9.39. The van der Waals surface area contributed by atoms with Crippen LogP contribution >= 0.6 is 0 Å². The minimum Gasteiger partial charge on any atom is -0.378 e. The molecular formula is C21H35N3O4S. The van der Waals surface area contributed by atoms with Crippen LogP contribution in [0, 0.1) is 0 Å². The van der Waals surface area contributed by atoms with Crippen molar-refractivity contribution in [2.24, 2.45) is 0 Å². The lowest BCUT2D eigenvalue weighted by atomic mass is 10.1. The number of amides is 1. The number of nitrogens with one attached hydrogen (secondary N) is 1. The Hall–Kier alpha value is -1.64. The minimum atomic E-state index is -3.63. The number of rotatable bonds is 11. The smallest absolute Gasteiger partial charge is 0.253 e. The molecule has 0 aliphatic carbocycles. The molecule has 1 saturated heterocycles. The van der Waals surface area contributed by atoms with E-state index in [0.29, 0.717) is 51.5 Å². The number of nitrogens with zero attached hydrogens (tertiary/aromatic N) is 2. The zero-order valence-corrected chi connectivity index (χ0v) is 18.8. The van der Waals surface area contributed by atoms with Gasteiger partial charge in [0.25, 0.3) is 5.91 Å². The third kappa shape index (κ3) is 6.17. The first kappa shape index (κ1) is 23.6. The molecule has 29 heavy (non-hydrogen) atoms. The fourth-order valence-corrected chi connectivity index (χ4v) is 4.98. The van der Waals surface area contributed by atoms with Crippen LogP contribution in [-0.2, 0) is 14.8 Å². The zero-order valence-electron chi connectivity index (χ0n) is 17.9. The second-order valence-electron chi connectivity index (χ2n) is 7.18. The van der Waals surface area contributed by atoms with Crippen molar-refractivity contribution in [1.82, 2.24) is 9.62 Å². The van der Waals surface area contributed by atoms with E-state index in [2.05, 4.69) is 17.1 Å². The number of anilines is 1. The van der Waals surface area contributed by atoms with Crippen LogP contribution in [0.5, 0.6) is 0 Å². The quantitative estimate of drug-likeness (QED) is 0.552. The van der Waals surface area contributed by atoms with Gasteiger partial charge in [-0.3, -0.25) is 4.79 Å². The average Bonchev–Trinajstić information content (AvgIpc) is 2.74. The maximum Gasteiger partial charge on any atom is 0.253 e. The lowest BCUT2D eigenvalue weighted by Gasteiger charge is -2.30. The van der Waals surface area contributed by atoms with Gasteiger partial charge in [0.1, 0.15) is 0 Å². The number of carbonyl (C=O) groups is 1. The average molecular weight is 426 g/mol. The highest BCUT2D eigenvalue weighted by molar-refractivity contribution is 7.89. The Bertz CT molecular complexity index is 757. The van der Waals surface area contributed by atoms with Gasteiger partial charge < -0.3 is 15.0 Å². The van der Waals surface area contributed by atoms with Crippen molar-refractivity contribution in [3.05, 3.63) is 23.8 Å². The van der Waals surface area contributed by atoms with Crippen molar-refractivity contribution < 1.29 is 17.9 Å². The molecule has 2 rings (SSSR count). The standard InChI is InChI=1S/C21H35N3O4S/c1-4-7-8-9-12-22-21(25)19-17-18(29(26,27)24(5-2)6-3)10-11-20(19)23-13-15-28-16-14-23/h10-11,17H,4-9,12-16H2,1-3H3,(H,22,25). The summed E-state index contributed by atoms with van der Waals surface area (Å²) in [6.45, 7) is 9.70. The van der Waals surface area contributed by atoms with E-state index in [1.165, 1.54) is 10.4 Å². The fourth-order valence-electron chi connectivity index (χ4n) is 3.50. The number of hydrogen-bond donors (Lipinski definition) is 1. The van der Waals surface area contributed by atoms with Crippen LogP contribution in [0.1, 0.15) is 56.8 Å². The van der Waals surface area contributed by atoms with E-state index in [4.69, 9.17) is 4.74 Å². The van der Waals surface area contributed by atoms with Gasteiger partial charge in [0.15, 0.2) is 0 Å². The van der Waals surface area contributed by atoms with Crippen LogP contribution in [0.2, 0.25) is 0 Å². The summed E-state index contributed by atoms with van der Waals surface area (Å²) in [5, 5.41) is 2.97. The molecule has 0 aromatic heterocycles. The van der Waals surface area contributed by atoms with Crippen molar-refractivity contribution in [2.75, 3.05) is 50.8 Å². The largest absolute Gasteiger partial charge is 0.378 e. The van der Waals surface area contributed by atoms with Crippen molar-refractivity contribution in [3.8, 4) is 0 Å². The summed E-state index contributed by atoms with van der Waals surface area (Å²) in [6, 6.07) is 4.89. The Morgan fingerprint density at radius 2 is 1.79 bits per heavy atom. The lowest BCUT2D eigenvalue weighted by molar-refractivity contribution is 0.0951. The number of ether oxygens (including phenoxy) is 1. The number of benzene rings is 1. The summed E-state index contributed by atoms with van der Waals surface area (Å²) in [6.07, 6.45) is 4.28. The highest BCUT2D eigenvalue weighted by atomic mass is 32.2. The first-order valence-electron chi connectivity index (χ1n) is 10.7. The van der Waals surface area contributed by atoms with Gasteiger partial charge in [-0.2, -0.15) is 4.31 Å². The van der Waals surface area contributed by atoms with Crippen molar-refractivity contribution in [2.45, 2.75) is 51.3 Å². The summed E-state index contributed by atoms with van der Waals surface area (Å²) >= 11 is 0. The van der Waals surface area contributed by atoms with E-state index >= 15 is 0 Å². The molecule has 0 unspecified atom stereocenters. The van der Waals surface area contributed by atoms with Crippen LogP contribution in [0.4, 0.5) is 5.69 Å². The topological polar surface area (TPSA) is 79.0 Å². The molecule has 0 saturated carbocycles. The van der Waals surface area contributed by atoms with E-state index in [1.807, 2.05) is 13.8 Å². The lowest BCUT2D eigenvalue weighted by Crippen LogP contribution is -2.38. The molecule has 1 aromatic carbocycles. The first-order valence-corrected chi connectivity index (χ1v) is 12.1. The summed E-state index contributed by atoms with van der Waals surface area (Å²) in [5.74, 6) is -0.223. The van der Waals surface area contributed by atoms with Gasteiger partial charge in [-0.25, -0.2) is 8.42 Å². The van der Waals surface area contributed by atoms with E-state index < -0.39 is 10.0 Å². The predicted molar refractivity (Wildman–Crippen MR) is 116 cm³/mol. The molecule has 164 valence electrons. The van der Waals surface area contributed by atoms with Gasteiger partial charge in [0, 0.05) is 38.4 Å². The highest BCUT2D eigenvalue weighted by Gasteiger charge is 2.26. The molecule has 0 bridgehead atoms. The molecule has 1 amide bonds. The van der Waals surface area contributed by atoms with E-state index in [1.54, 1.807) is 12.1 Å². The maximum atomic E-state index is 13.0. The van der Waals surface area contributed by atoms with Crippen LogP contribution in [0.3, 0.4) is 0 Å². The van der Waals surface area contributed by atoms with E-state index in [9.17, 15) is 13.2 Å². The molecule has 1 aliphatic heterocycles. The van der Waals surface area contributed by atoms with Crippen LogP contribution in [-0.4, -0.2) is 64.6 Å². The monoisotopic (exact) mass is 425 g/mol. The predicted octanol–water partition coefficient (Wildman–Crippen LogP) is 2.86. The molecule has 8 heteroatoms. The van der Waals surface area contributed by atoms with Crippen molar-refractivity contribution in [1.29, 1.82) is 0 Å². The Morgan fingerprint density at radius 3 is 2.41 bits per heavy atom. The normalized spacial score (nSPS) is 15.0. The second kappa shape index (κ2) is 11.5. The number of morpholine rings is 1. The van der Waals surface area contributed by atoms with Gasteiger partial charge in [-0.1, -0.05) is 40.0 Å². The molecule has 1 fully saturated rings. The minimum absolute atomic E-state index is 0.161. The molecule has 0 atom stereocenters. The van der Waals surface area contributed by atoms with Gasteiger partial charge in [0.2, 0.25) is 10.0 Å². The molecule has 1 N–H and O–H groups in total. The third-order valence-corrected chi connectivity index (χ3v) is 7.27. The second-order valence-corrected chi connectivity index (χ2v) is 9.12. The molecule has 1 heterocycles. The molecule has 1 aliphatic rings. The number of sulfonamides is 1. The molecule has 0 spiro atoms. The Balaban J connectivity index is 2.31. The van der Waals surface area contributed by atoms with Gasteiger partial charge in [-0.05, 0) is 24.6 Å². The molecule has 7 nitrogen and oxygen atoms in total. The number of hydrogen-bond acceptors (Lipinski definition) is 5. The number of unbranched alkanes of at least 4 members (excludes halogenated alkanes) is 3. The van der Waals surface area contributed by atoms with Crippen molar-refractivity contribution >= 4 is 21.6 Å². The summed E-state index contributed by atoms with van der Waals surface area (Å²) in [4.78, 5) is 15.2. The highest BCUT2D eigenvalue weighted by Crippen LogP contribution is 2.27. The molecular weight excluding hydrogens is 390 g/mol. The fraction of sp³-hybridized carbons (Fsp3) is 0.667. The summed E-state index contributed by atoms with van der Waals surface area (Å²) in [5.41, 5.74) is 1.17. The van der Waals surface area contributed by atoms with Gasteiger partial charge in [-0.15, -0.1) is 0 Å². The molecule has 0 radical (unpaired) electrons. The van der Waals surface area contributed by atoms with Gasteiger partial charge in [0.05, 0.1) is 23.7 Å². The zero-order chi connectivity index (χ0) is 21.3. The Morgan fingerprint density at radius 1 is 1.10 bits per heavy atom. The Labute approximate surface area is 175 Å². The van der Waals surface area contributed by atoms with Gasteiger partial charge >= 0.3 is 0 Å². The van der Waals surface area contributed by atoms with E-state index in [-0.39, 0.29) is 10.8 Å². The summed E-state index contributed by atoms with van der Waals surface area (Å²) in [7, 11) is -3.63. The maximum absolute atomic E-state index is 13.0. The SMILES string of the molecule is CCCCCCNC(=O)c1cc(S(=O)(=O)N(CC)CC)ccc1N1CCOCC1. The summed E-state index contributed by atoms with van der Waals surface area (Å²) < 4.78 is 32.7. The first-order chi connectivity index (χ1) is 14.0. The number of carbonyl (C=O) groups excluding carboxylic acids is 1. The van der Waals surface area contributed by atoms with Crippen molar-refractivity contribution in [3.63, 3.8) is 0 Å².